The molecule has 1 aromatic carbocycles. The van der Waals surface area contributed by atoms with Crippen molar-refractivity contribution in [1.29, 1.82) is 0 Å². The number of aliphatic hydroxyl groups is 1. The van der Waals surface area contributed by atoms with E-state index in [2.05, 4.69) is 27.0 Å². The van der Waals surface area contributed by atoms with Crippen LogP contribution < -0.4 is 9.64 Å². The first-order valence-electron chi connectivity index (χ1n) is 16.4. The molecule has 3 saturated heterocycles. The Hall–Kier alpha value is -2.78. The zero-order valence-corrected chi connectivity index (χ0v) is 27.6. The number of amides is 3. The molecule has 3 unspecified atom stereocenters. The first-order chi connectivity index (χ1) is 21.3. The summed E-state index contributed by atoms with van der Waals surface area (Å²) < 4.78 is 4.94. The average molecular weight is 626 g/mol. The predicted molar refractivity (Wildman–Crippen MR) is 178 cm³/mol. The van der Waals surface area contributed by atoms with E-state index in [0.29, 0.717) is 45.6 Å². The van der Waals surface area contributed by atoms with Crippen LogP contribution in [0.2, 0.25) is 0 Å². The van der Waals surface area contributed by atoms with Crippen molar-refractivity contribution < 1.29 is 24.2 Å². The number of carbonyl (C=O) groups is 3. The van der Waals surface area contributed by atoms with Crippen LogP contribution in [0.4, 0.5) is 5.69 Å². The van der Waals surface area contributed by atoms with Crippen LogP contribution >= 0.6 is 11.8 Å². The van der Waals surface area contributed by atoms with Crippen molar-refractivity contribution in [2.45, 2.75) is 81.8 Å². The van der Waals surface area contributed by atoms with Gasteiger partial charge in [-0.25, -0.2) is 0 Å². The van der Waals surface area contributed by atoms with Crippen molar-refractivity contribution in [2.75, 3.05) is 44.3 Å². The maximum Gasteiger partial charge on any atom is 0.247 e. The number of likely N-dealkylation sites (tertiary alicyclic amines) is 1. The Morgan fingerprint density at radius 2 is 1.80 bits per heavy atom. The van der Waals surface area contributed by atoms with Crippen molar-refractivity contribution in [2.24, 2.45) is 17.8 Å². The van der Waals surface area contributed by atoms with E-state index in [1.54, 1.807) is 33.7 Å². The second-order valence-electron chi connectivity index (χ2n) is 12.3. The fraction of sp³-hybridized carbons (Fsp3) is 0.629. The van der Waals surface area contributed by atoms with Crippen LogP contribution in [0.15, 0.2) is 49.6 Å². The predicted octanol–water partition coefficient (Wildman–Crippen LogP) is 5.31. The van der Waals surface area contributed by atoms with E-state index in [9.17, 15) is 19.5 Å². The Morgan fingerprint density at radius 3 is 2.43 bits per heavy atom. The Bertz CT molecular complexity index is 1180. The molecule has 6 atom stereocenters. The van der Waals surface area contributed by atoms with Crippen molar-refractivity contribution in [3.8, 4) is 5.75 Å². The molecular weight excluding hydrogens is 574 g/mol. The Labute approximate surface area is 267 Å². The highest BCUT2D eigenvalue weighted by molar-refractivity contribution is 8.02. The minimum absolute atomic E-state index is 0.0263. The van der Waals surface area contributed by atoms with Gasteiger partial charge < -0.3 is 24.5 Å². The number of nitrogens with zero attached hydrogens (tertiary/aromatic N) is 3. The minimum Gasteiger partial charge on any atom is -0.494 e. The second kappa shape index (κ2) is 15.5. The maximum atomic E-state index is 14.6. The van der Waals surface area contributed by atoms with Gasteiger partial charge in [0.1, 0.15) is 11.8 Å². The largest absolute Gasteiger partial charge is 0.494 e. The number of rotatable bonds is 18. The molecule has 4 rings (SSSR count). The number of hydrogen-bond acceptors (Lipinski definition) is 6. The van der Waals surface area contributed by atoms with Crippen molar-refractivity contribution in [3.63, 3.8) is 0 Å². The second-order valence-corrected chi connectivity index (χ2v) is 13.9. The molecule has 8 nitrogen and oxygen atoms in total. The standard InChI is InChI=1S/C35H51N3O5S/c1-6-10-12-21-36(19-7-2)34(42)31-35-25(5)24-28(44-35)29(30(35)33(41)38(31)22-13-11-14-23-39)32(40)37(20-8-3)26-15-17-27(18-16-26)43-9-4/h7-8,15-18,25,28-31,39H,2-3,6,9-14,19-24H2,1,4-5H3/t25?,28-,29+,30+,31?,35?/m1/s1. The van der Waals surface area contributed by atoms with Gasteiger partial charge in [-0.05, 0) is 69.2 Å². The zero-order valence-electron chi connectivity index (χ0n) is 26.8. The van der Waals surface area contributed by atoms with Gasteiger partial charge in [-0.2, -0.15) is 0 Å². The van der Waals surface area contributed by atoms with Crippen LogP contribution in [0.5, 0.6) is 5.75 Å². The summed E-state index contributed by atoms with van der Waals surface area (Å²) in [6.07, 6.45) is 9.36. The fourth-order valence-electron chi connectivity index (χ4n) is 7.59. The summed E-state index contributed by atoms with van der Waals surface area (Å²) in [7, 11) is 0. The van der Waals surface area contributed by atoms with Gasteiger partial charge in [0, 0.05) is 43.7 Å². The number of benzene rings is 1. The number of aliphatic hydroxyl groups excluding tert-OH is 1. The van der Waals surface area contributed by atoms with Gasteiger partial charge >= 0.3 is 0 Å². The van der Waals surface area contributed by atoms with E-state index in [-0.39, 0.29) is 35.5 Å². The molecule has 242 valence electrons. The van der Waals surface area contributed by atoms with Gasteiger partial charge in [0.2, 0.25) is 17.7 Å². The van der Waals surface area contributed by atoms with E-state index in [4.69, 9.17) is 4.74 Å². The number of unbranched alkanes of at least 4 members (excludes halogenated alkanes) is 4. The van der Waals surface area contributed by atoms with E-state index < -0.39 is 22.6 Å². The molecule has 0 aromatic heterocycles. The molecule has 0 saturated carbocycles. The van der Waals surface area contributed by atoms with Gasteiger partial charge in [0.05, 0.1) is 23.2 Å². The van der Waals surface area contributed by atoms with Crippen molar-refractivity contribution in [1.82, 2.24) is 9.80 Å². The number of thioether (sulfide) groups is 1. The van der Waals surface area contributed by atoms with Crippen molar-refractivity contribution in [3.05, 3.63) is 49.6 Å². The Balaban J connectivity index is 1.71. The third-order valence-corrected chi connectivity index (χ3v) is 11.6. The highest BCUT2D eigenvalue weighted by atomic mass is 32.2. The number of fused-ring (bicyclic) bond motifs is 1. The highest BCUT2D eigenvalue weighted by Crippen LogP contribution is 2.69. The Kier molecular flexibility index (Phi) is 12.0. The summed E-state index contributed by atoms with van der Waals surface area (Å²) in [6.45, 7) is 16.5. The smallest absolute Gasteiger partial charge is 0.247 e. The lowest BCUT2D eigenvalue weighted by atomic mass is 9.65. The van der Waals surface area contributed by atoms with Gasteiger partial charge in [0.15, 0.2) is 0 Å². The van der Waals surface area contributed by atoms with Gasteiger partial charge in [-0.1, -0.05) is 38.8 Å². The van der Waals surface area contributed by atoms with Crippen LogP contribution in [0.3, 0.4) is 0 Å². The molecule has 2 bridgehead atoms. The van der Waals surface area contributed by atoms with Gasteiger partial charge in [0.25, 0.3) is 0 Å². The number of ether oxygens (including phenoxy) is 1. The molecule has 3 heterocycles. The Morgan fingerprint density at radius 1 is 1.07 bits per heavy atom. The number of carbonyl (C=O) groups excluding carboxylic acids is 3. The monoisotopic (exact) mass is 625 g/mol. The quantitative estimate of drug-likeness (QED) is 0.176. The molecule has 3 amide bonds. The first kappa shape index (κ1) is 34.1. The van der Waals surface area contributed by atoms with Crippen LogP contribution in [0, 0.1) is 17.8 Å². The highest BCUT2D eigenvalue weighted by Gasteiger charge is 2.76. The lowest BCUT2D eigenvalue weighted by molar-refractivity contribution is -0.142. The summed E-state index contributed by atoms with van der Waals surface area (Å²) >= 11 is 1.72. The van der Waals surface area contributed by atoms with Crippen LogP contribution in [0.25, 0.3) is 0 Å². The maximum absolute atomic E-state index is 14.6. The summed E-state index contributed by atoms with van der Waals surface area (Å²) in [6, 6.07) is 6.85. The van der Waals surface area contributed by atoms with Gasteiger partial charge in [-0.15, -0.1) is 24.9 Å². The molecule has 9 heteroatoms. The lowest BCUT2D eigenvalue weighted by Crippen LogP contribution is -2.57. The fourth-order valence-corrected chi connectivity index (χ4v) is 9.99. The van der Waals surface area contributed by atoms with E-state index >= 15 is 0 Å². The summed E-state index contributed by atoms with van der Waals surface area (Å²) in [5.74, 6) is -0.453. The SMILES string of the molecule is C=CCN(CCCCC)C(=O)C1N(CCCCCO)C(=O)[C@@H]2[C@@H](C(=O)N(CC=C)c3ccc(OCC)cc3)[C@H]3CC(C)C12S3. The minimum atomic E-state index is -0.668. The third kappa shape index (κ3) is 6.45. The molecule has 3 aliphatic rings. The molecule has 0 radical (unpaired) electrons. The molecule has 3 aliphatic heterocycles. The van der Waals surface area contributed by atoms with Crippen LogP contribution in [-0.4, -0.2) is 88.1 Å². The lowest BCUT2D eigenvalue weighted by Gasteiger charge is -2.41. The summed E-state index contributed by atoms with van der Waals surface area (Å²) in [5, 5.41) is 9.31. The molecule has 1 aromatic rings. The summed E-state index contributed by atoms with van der Waals surface area (Å²) in [5.41, 5.74) is 0.736. The molecule has 3 fully saturated rings. The third-order valence-electron chi connectivity index (χ3n) is 9.55. The van der Waals surface area contributed by atoms with Crippen LogP contribution in [0.1, 0.15) is 65.7 Å². The summed E-state index contributed by atoms with van der Waals surface area (Å²) in [4.78, 5) is 49.1. The number of hydrogen-bond donors (Lipinski definition) is 1. The normalized spacial score (nSPS) is 26.9. The number of anilines is 1. The average Bonchev–Trinajstić information content (AvgIpc) is 3.61. The molecule has 44 heavy (non-hydrogen) atoms. The molecule has 1 spiro atoms. The topological polar surface area (TPSA) is 90.4 Å². The first-order valence-corrected chi connectivity index (χ1v) is 17.3. The van der Waals surface area contributed by atoms with Gasteiger partial charge in [-0.3, -0.25) is 14.4 Å². The molecular formula is C35H51N3O5S. The van der Waals surface area contributed by atoms with E-state index in [1.807, 2.05) is 36.1 Å². The molecule has 1 N–H and O–H groups in total. The zero-order chi connectivity index (χ0) is 31.9. The van der Waals surface area contributed by atoms with Crippen LogP contribution in [-0.2, 0) is 14.4 Å². The van der Waals surface area contributed by atoms with E-state index in [0.717, 1.165) is 43.5 Å². The molecule has 0 aliphatic carbocycles. The van der Waals surface area contributed by atoms with E-state index in [1.165, 1.54) is 0 Å². The van der Waals surface area contributed by atoms with Crippen molar-refractivity contribution >= 4 is 35.2 Å².